The summed E-state index contributed by atoms with van der Waals surface area (Å²) in [5.74, 6) is 1.58. The Bertz CT molecular complexity index is 1060. The van der Waals surface area contributed by atoms with Gasteiger partial charge in [0.1, 0.15) is 18.2 Å². The molecule has 0 aliphatic carbocycles. The smallest absolute Gasteiger partial charge is 0.165 e. The molecule has 3 aromatic heterocycles. The number of benzene rings is 1. The average molecular weight is 361 g/mol. The minimum Gasteiger partial charge on any atom is -0.489 e. The highest BCUT2D eigenvalue weighted by molar-refractivity contribution is 5.73. The lowest BCUT2D eigenvalue weighted by Gasteiger charge is -2.16. The van der Waals surface area contributed by atoms with Crippen molar-refractivity contribution in [1.29, 1.82) is 0 Å². The third kappa shape index (κ3) is 2.96. The Morgan fingerprint density at radius 2 is 2.07 bits per heavy atom. The molecule has 1 atom stereocenters. The maximum atomic E-state index is 6.09. The van der Waals surface area contributed by atoms with E-state index in [9.17, 15) is 0 Å². The number of nitrogens with zero attached hydrogens (tertiary/aromatic N) is 5. The zero-order valence-electron chi connectivity index (χ0n) is 14.7. The van der Waals surface area contributed by atoms with E-state index in [0.717, 1.165) is 47.9 Å². The SMILES string of the molecule is c1ccc(-n2ccnc2-c2cnn3cccnc23)c(OCC2CCCO2)c1. The average Bonchev–Trinajstić information content (AvgIpc) is 3.46. The summed E-state index contributed by atoms with van der Waals surface area (Å²) >= 11 is 0. The van der Waals surface area contributed by atoms with Crippen LogP contribution >= 0.6 is 0 Å². The van der Waals surface area contributed by atoms with E-state index in [1.165, 1.54) is 0 Å². The molecule has 1 aliphatic rings. The normalized spacial score (nSPS) is 16.8. The summed E-state index contributed by atoms with van der Waals surface area (Å²) in [4.78, 5) is 9.00. The zero-order chi connectivity index (χ0) is 18.1. The van der Waals surface area contributed by atoms with Crippen LogP contribution in [0.2, 0.25) is 0 Å². The summed E-state index contributed by atoms with van der Waals surface area (Å²) in [7, 11) is 0. The molecule has 1 unspecified atom stereocenters. The highest BCUT2D eigenvalue weighted by Crippen LogP contribution is 2.29. The second-order valence-electron chi connectivity index (χ2n) is 6.48. The fourth-order valence-corrected chi connectivity index (χ4v) is 3.42. The Balaban J connectivity index is 1.52. The molecule has 0 bridgehead atoms. The topological polar surface area (TPSA) is 66.5 Å². The molecular formula is C20H19N5O2. The van der Waals surface area contributed by atoms with Crippen LogP contribution in [0.15, 0.2) is 61.3 Å². The zero-order valence-corrected chi connectivity index (χ0v) is 14.7. The molecule has 0 N–H and O–H groups in total. The molecule has 1 aromatic carbocycles. The number of ether oxygens (including phenoxy) is 2. The largest absolute Gasteiger partial charge is 0.489 e. The lowest BCUT2D eigenvalue weighted by Crippen LogP contribution is -2.17. The first-order valence-electron chi connectivity index (χ1n) is 9.06. The van der Waals surface area contributed by atoms with E-state index in [-0.39, 0.29) is 6.10 Å². The molecule has 7 nitrogen and oxygen atoms in total. The molecule has 5 rings (SSSR count). The van der Waals surface area contributed by atoms with Crippen molar-refractivity contribution in [3.05, 3.63) is 61.3 Å². The molecule has 1 aliphatic heterocycles. The van der Waals surface area contributed by atoms with Gasteiger partial charge in [-0.05, 0) is 31.0 Å². The molecule has 4 heterocycles. The fraction of sp³-hybridized carbons (Fsp3) is 0.250. The number of hydrogen-bond donors (Lipinski definition) is 0. The van der Waals surface area contributed by atoms with Crippen molar-refractivity contribution in [3.63, 3.8) is 0 Å². The van der Waals surface area contributed by atoms with Gasteiger partial charge in [-0.2, -0.15) is 5.10 Å². The third-order valence-corrected chi connectivity index (χ3v) is 4.73. The summed E-state index contributed by atoms with van der Waals surface area (Å²) in [6.45, 7) is 1.38. The Labute approximate surface area is 156 Å². The fourth-order valence-electron chi connectivity index (χ4n) is 3.42. The van der Waals surface area contributed by atoms with Gasteiger partial charge in [0.15, 0.2) is 5.65 Å². The summed E-state index contributed by atoms with van der Waals surface area (Å²) < 4.78 is 15.5. The van der Waals surface area contributed by atoms with Crippen molar-refractivity contribution in [2.24, 2.45) is 0 Å². The summed E-state index contributed by atoms with van der Waals surface area (Å²) in [6, 6.07) is 9.82. The summed E-state index contributed by atoms with van der Waals surface area (Å²) in [5, 5.41) is 4.37. The van der Waals surface area contributed by atoms with Gasteiger partial charge >= 0.3 is 0 Å². The van der Waals surface area contributed by atoms with Crippen LogP contribution in [-0.2, 0) is 4.74 Å². The molecule has 136 valence electrons. The van der Waals surface area contributed by atoms with E-state index >= 15 is 0 Å². The second kappa shape index (κ2) is 6.85. The van der Waals surface area contributed by atoms with Crippen LogP contribution in [0.4, 0.5) is 0 Å². The lowest BCUT2D eigenvalue weighted by atomic mass is 10.2. The van der Waals surface area contributed by atoms with Gasteiger partial charge in [0.2, 0.25) is 0 Å². The quantitative estimate of drug-likeness (QED) is 0.546. The lowest BCUT2D eigenvalue weighted by molar-refractivity contribution is 0.0679. The van der Waals surface area contributed by atoms with Crippen LogP contribution in [-0.4, -0.2) is 43.5 Å². The Hall–Kier alpha value is -3.19. The predicted molar refractivity (Wildman–Crippen MR) is 100 cm³/mol. The minimum atomic E-state index is 0.170. The molecule has 4 aromatic rings. The van der Waals surface area contributed by atoms with Gasteiger partial charge in [0.25, 0.3) is 0 Å². The van der Waals surface area contributed by atoms with Crippen LogP contribution < -0.4 is 4.74 Å². The van der Waals surface area contributed by atoms with Crippen molar-refractivity contribution >= 4 is 5.65 Å². The molecule has 1 saturated heterocycles. The molecule has 0 amide bonds. The van der Waals surface area contributed by atoms with Crippen LogP contribution in [0.5, 0.6) is 5.75 Å². The van der Waals surface area contributed by atoms with Crippen molar-refractivity contribution in [1.82, 2.24) is 24.1 Å². The number of rotatable bonds is 5. The molecule has 0 spiro atoms. The van der Waals surface area contributed by atoms with E-state index in [2.05, 4.69) is 15.1 Å². The monoisotopic (exact) mass is 361 g/mol. The molecular weight excluding hydrogens is 342 g/mol. The van der Waals surface area contributed by atoms with Gasteiger partial charge in [0, 0.05) is 31.4 Å². The highest BCUT2D eigenvalue weighted by atomic mass is 16.5. The highest BCUT2D eigenvalue weighted by Gasteiger charge is 2.19. The van der Waals surface area contributed by atoms with Gasteiger partial charge in [-0.25, -0.2) is 14.5 Å². The van der Waals surface area contributed by atoms with Crippen LogP contribution in [0.3, 0.4) is 0 Å². The molecule has 7 heteroatoms. The van der Waals surface area contributed by atoms with Gasteiger partial charge < -0.3 is 9.47 Å². The summed E-state index contributed by atoms with van der Waals surface area (Å²) in [5.41, 5.74) is 2.57. The minimum absolute atomic E-state index is 0.170. The number of imidazole rings is 1. The predicted octanol–water partition coefficient (Wildman–Crippen LogP) is 3.14. The van der Waals surface area contributed by atoms with Crippen molar-refractivity contribution in [3.8, 4) is 22.8 Å². The van der Waals surface area contributed by atoms with Crippen molar-refractivity contribution in [2.45, 2.75) is 18.9 Å². The first-order valence-corrected chi connectivity index (χ1v) is 9.06. The van der Waals surface area contributed by atoms with Gasteiger partial charge in [0.05, 0.1) is 23.6 Å². The van der Waals surface area contributed by atoms with Crippen LogP contribution in [0, 0.1) is 0 Å². The third-order valence-electron chi connectivity index (χ3n) is 4.73. The van der Waals surface area contributed by atoms with E-state index in [1.807, 2.05) is 47.3 Å². The van der Waals surface area contributed by atoms with E-state index in [0.29, 0.717) is 6.61 Å². The Kier molecular flexibility index (Phi) is 4.06. The Morgan fingerprint density at radius 1 is 1.11 bits per heavy atom. The van der Waals surface area contributed by atoms with E-state index in [4.69, 9.17) is 9.47 Å². The molecule has 0 radical (unpaired) electrons. The van der Waals surface area contributed by atoms with Gasteiger partial charge in [-0.3, -0.25) is 4.57 Å². The number of para-hydroxylation sites is 2. The standard InChI is InChI=1S/C20H19N5O2/c1-2-7-18(27-14-15-5-3-12-26-15)17(6-1)24-11-9-22-19(24)16-13-23-25-10-4-8-21-20(16)25/h1-2,4,6-11,13,15H,3,5,12,14H2. The van der Waals surface area contributed by atoms with Gasteiger partial charge in [-0.15, -0.1) is 0 Å². The Morgan fingerprint density at radius 3 is 3.00 bits per heavy atom. The first kappa shape index (κ1) is 16.0. The number of hydrogen-bond acceptors (Lipinski definition) is 5. The number of fused-ring (bicyclic) bond motifs is 1. The van der Waals surface area contributed by atoms with Gasteiger partial charge in [-0.1, -0.05) is 12.1 Å². The van der Waals surface area contributed by atoms with Crippen LogP contribution in [0.1, 0.15) is 12.8 Å². The molecule has 1 fully saturated rings. The van der Waals surface area contributed by atoms with E-state index < -0.39 is 0 Å². The second-order valence-corrected chi connectivity index (χ2v) is 6.48. The van der Waals surface area contributed by atoms with Crippen molar-refractivity contribution in [2.75, 3.05) is 13.2 Å². The van der Waals surface area contributed by atoms with Crippen molar-refractivity contribution < 1.29 is 9.47 Å². The number of aromatic nitrogens is 5. The molecule has 27 heavy (non-hydrogen) atoms. The van der Waals surface area contributed by atoms with E-state index in [1.54, 1.807) is 23.1 Å². The van der Waals surface area contributed by atoms with Crippen LogP contribution in [0.25, 0.3) is 22.7 Å². The first-order chi connectivity index (χ1) is 13.4. The summed E-state index contributed by atoms with van der Waals surface area (Å²) in [6.07, 6.45) is 11.4. The maximum Gasteiger partial charge on any atom is 0.165 e. The molecule has 0 saturated carbocycles. The maximum absolute atomic E-state index is 6.09.